The molecule has 0 aliphatic heterocycles. The number of benzene rings is 1. The third-order valence-electron chi connectivity index (χ3n) is 2.63. The Hall–Kier alpha value is -2.74. The van der Waals surface area contributed by atoms with Gasteiger partial charge >= 0.3 is 6.03 Å². The summed E-state index contributed by atoms with van der Waals surface area (Å²) in [4.78, 5) is 15.6. The average Bonchev–Trinajstić information content (AvgIpc) is 2.92. The number of nitrogens with one attached hydrogen (secondary N) is 2. The Labute approximate surface area is 117 Å². The Morgan fingerprint density at radius 2 is 2.10 bits per heavy atom. The lowest BCUT2D eigenvalue weighted by Crippen LogP contribution is -2.35. The number of urea groups is 1. The van der Waals surface area contributed by atoms with Crippen molar-refractivity contribution in [3.05, 3.63) is 41.8 Å². The molecular formula is C15H15N3O2. The monoisotopic (exact) mass is 269 g/mol. The van der Waals surface area contributed by atoms with Gasteiger partial charge in [0, 0.05) is 5.56 Å². The fourth-order valence-corrected chi connectivity index (χ4v) is 1.58. The van der Waals surface area contributed by atoms with Crippen LogP contribution in [0.3, 0.4) is 0 Å². The normalized spacial score (nSPS) is 9.80. The van der Waals surface area contributed by atoms with Crippen molar-refractivity contribution in [3.63, 3.8) is 0 Å². The van der Waals surface area contributed by atoms with Crippen molar-refractivity contribution >= 4 is 6.03 Å². The summed E-state index contributed by atoms with van der Waals surface area (Å²) in [6.45, 7) is 2.49. The van der Waals surface area contributed by atoms with Gasteiger partial charge in [-0.1, -0.05) is 23.6 Å². The van der Waals surface area contributed by atoms with E-state index < -0.39 is 0 Å². The van der Waals surface area contributed by atoms with Gasteiger partial charge in [0.2, 0.25) is 5.89 Å². The standard InChI is InChI=1S/C15H15N3O2/c1-3-8-16-15(19)17-9-13-10-20-14(18-13)12-6-4-11(2)5-7-12/h1,4-7,10H,8-9H2,2H3,(H2,16,17,19). The summed E-state index contributed by atoms with van der Waals surface area (Å²) >= 11 is 0. The van der Waals surface area contributed by atoms with Crippen LogP contribution in [0.25, 0.3) is 11.5 Å². The van der Waals surface area contributed by atoms with Gasteiger partial charge in [0.15, 0.2) is 0 Å². The van der Waals surface area contributed by atoms with Crippen molar-refractivity contribution in [1.82, 2.24) is 15.6 Å². The molecule has 0 bridgehead atoms. The topological polar surface area (TPSA) is 67.2 Å². The second-order valence-corrected chi connectivity index (χ2v) is 4.25. The highest BCUT2D eigenvalue weighted by Crippen LogP contribution is 2.18. The molecule has 1 heterocycles. The first-order valence-electron chi connectivity index (χ1n) is 6.15. The number of hydrogen-bond donors (Lipinski definition) is 2. The number of terminal acetylenes is 1. The SMILES string of the molecule is C#CCNC(=O)NCc1coc(-c2ccc(C)cc2)n1. The van der Waals surface area contributed by atoms with Crippen molar-refractivity contribution in [2.45, 2.75) is 13.5 Å². The Morgan fingerprint density at radius 3 is 2.80 bits per heavy atom. The first kappa shape index (κ1) is 13.7. The number of rotatable bonds is 4. The van der Waals surface area contributed by atoms with Gasteiger partial charge in [-0.2, -0.15) is 0 Å². The molecule has 0 unspecified atom stereocenters. The molecule has 1 aromatic heterocycles. The van der Waals surface area contributed by atoms with Crippen molar-refractivity contribution in [3.8, 4) is 23.8 Å². The molecule has 0 radical (unpaired) electrons. The molecule has 2 rings (SSSR count). The number of carbonyl (C=O) groups is 1. The Kier molecular flexibility index (Phi) is 4.40. The highest BCUT2D eigenvalue weighted by molar-refractivity contribution is 5.74. The molecule has 102 valence electrons. The van der Waals surface area contributed by atoms with E-state index in [0.717, 1.165) is 5.56 Å². The smallest absolute Gasteiger partial charge is 0.315 e. The van der Waals surface area contributed by atoms with Crippen LogP contribution in [0.1, 0.15) is 11.3 Å². The number of oxazole rings is 1. The molecule has 0 aliphatic rings. The predicted octanol–water partition coefficient (Wildman–Crippen LogP) is 2.08. The molecule has 2 aromatic rings. The zero-order valence-electron chi connectivity index (χ0n) is 11.1. The van der Waals surface area contributed by atoms with Gasteiger partial charge in [-0.3, -0.25) is 0 Å². The van der Waals surface area contributed by atoms with E-state index in [1.54, 1.807) is 0 Å². The molecule has 5 nitrogen and oxygen atoms in total. The van der Waals surface area contributed by atoms with Crippen molar-refractivity contribution in [2.75, 3.05) is 6.54 Å². The Balaban J connectivity index is 1.94. The van der Waals surface area contributed by atoms with E-state index in [1.807, 2.05) is 31.2 Å². The van der Waals surface area contributed by atoms with Crippen LogP contribution in [0.5, 0.6) is 0 Å². The van der Waals surface area contributed by atoms with Gasteiger partial charge in [0.05, 0.1) is 18.8 Å². The molecule has 0 saturated heterocycles. The minimum absolute atomic E-state index is 0.194. The molecule has 0 aliphatic carbocycles. The number of aromatic nitrogens is 1. The summed E-state index contributed by atoms with van der Waals surface area (Å²) in [5, 5.41) is 5.14. The Bertz CT molecular complexity index is 623. The van der Waals surface area contributed by atoms with Crippen LogP contribution < -0.4 is 10.6 Å². The summed E-state index contributed by atoms with van der Waals surface area (Å²) in [5.74, 6) is 2.85. The van der Waals surface area contributed by atoms with Crippen LogP contribution in [0.4, 0.5) is 4.79 Å². The quantitative estimate of drug-likeness (QED) is 0.835. The maximum Gasteiger partial charge on any atom is 0.315 e. The zero-order chi connectivity index (χ0) is 14.4. The minimum Gasteiger partial charge on any atom is -0.444 e. The second kappa shape index (κ2) is 6.43. The molecule has 0 saturated carbocycles. The molecule has 0 fully saturated rings. The van der Waals surface area contributed by atoms with E-state index in [0.29, 0.717) is 11.6 Å². The third kappa shape index (κ3) is 3.62. The van der Waals surface area contributed by atoms with Crippen LogP contribution in [0, 0.1) is 19.3 Å². The first-order chi connectivity index (χ1) is 9.69. The highest BCUT2D eigenvalue weighted by Gasteiger charge is 2.07. The second-order valence-electron chi connectivity index (χ2n) is 4.25. The van der Waals surface area contributed by atoms with Crippen LogP contribution in [0.2, 0.25) is 0 Å². The van der Waals surface area contributed by atoms with Crippen LogP contribution >= 0.6 is 0 Å². The molecule has 0 atom stereocenters. The van der Waals surface area contributed by atoms with Crippen LogP contribution in [0.15, 0.2) is 34.9 Å². The van der Waals surface area contributed by atoms with Gasteiger partial charge < -0.3 is 15.1 Å². The highest BCUT2D eigenvalue weighted by atomic mass is 16.3. The van der Waals surface area contributed by atoms with Crippen LogP contribution in [-0.4, -0.2) is 17.6 Å². The maximum absolute atomic E-state index is 11.3. The van der Waals surface area contributed by atoms with E-state index in [4.69, 9.17) is 10.8 Å². The summed E-state index contributed by atoms with van der Waals surface area (Å²) < 4.78 is 5.39. The third-order valence-corrected chi connectivity index (χ3v) is 2.63. The summed E-state index contributed by atoms with van der Waals surface area (Å²) in [6.07, 6.45) is 6.57. The van der Waals surface area contributed by atoms with Crippen molar-refractivity contribution in [2.24, 2.45) is 0 Å². The van der Waals surface area contributed by atoms with Crippen molar-refractivity contribution in [1.29, 1.82) is 0 Å². The van der Waals surface area contributed by atoms with Gasteiger partial charge in [0.1, 0.15) is 6.26 Å². The Morgan fingerprint density at radius 1 is 1.35 bits per heavy atom. The molecule has 1 aromatic carbocycles. The van der Waals surface area contributed by atoms with E-state index in [2.05, 4.69) is 21.5 Å². The molecule has 2 N–H and O–H groups in total. The van der Waals surface area contributed by atoms with Gasteiger partial charge in [-0.25, -0.2) is 9.78 Å². The lowest BCUT2D eigenvalue weighted by molar-refractivity contribution is 0.241. The van der Waals surface area contributed by atoms with Gasteiger partial charge in [0.25, 0.3) is 0 Å². The largest absolute Gasteiger partial charge is 0.444 e. The fraction of sp³-hybridized carbons (Fsp3) is 0.200. The van der Waals surface area contributed by atoms with Gasteiger partial charge in [-0.15, -0.1) is 6.42 Å². The zero-order valence-corrected chi connectivity index (χ0v) is 11.1. The molecule has 5 heteroatoms. The van der Waals surface area contributed by atoms with E-state index in [1.165, 1.54) is 11.8 Å². The molecule has 20 heavy (non-hydrogen) atoms. The number of carbonyl (C=O) groups excluding carboxylic acids is 1. The lowest BCUT2D eigenvalue weighted by Gasteiger charge is -2.02. The summed E-state index contributed by atoms with van der Waals surface area (Å²) in [7, 11) is 0. The summed E-state index contributed by atoms with van der Waals surface area (Å²) in [5.41, 5.74) is 2.72. The van der Waals surface area contributed by atoms with E-state index in [-0.39, 0.29) is 19.1 Å². The fourth-order valence-electron chi connectivity index (χ4n) is 1.58. The predicted molar refractivity (Wildman–Crippen MR) is 75.7 cm³/mol. The number of aryl methyl sites for hydroxylation is 1. The summed E-state index contributed by atoms with van der Waals surface area (Å²) in [6, 6.07) is 7.54. The van der Waals surface area contributed by atoms with E-state index in [9.17, 15) is 4.79 Å². The van der Waals surface area contributed by atoms with E-state index >= 15 is 0 Å². The first-order valence-corrected chi connectivity index (χ1v) is 6.15. The molecule has 0 spiro atoms. The average molecular weight is 269 g/mol. The number of hydrogen-bond acceptors (Lipinski definition) is 3. The molecule has 2 amide bonds. The van der Waals surface area contributed by atoms with Crippen LogP contribution in [-0.2, 0) is 6.54 Å². The number of nitrogens with zero attached hydrogens (tertiary/aromatic N) is 1. The lowest BCUT2D eigenvalue weighted by atomic mass is 10.1. The molecular weight excluding hydrogens is 254 g/mol. The minimum atomic E-state index is -0.331. The number of amides is 2. The van der Waals surface area contributed by atoms with Gasteiger partial charge in [-0.05, 0) is 19.1 Å². The maximum atomic E-state index is 11.3. The van der Waals surface area contributed by atoms with Crippen molar-refractivity contribution < 1.29 is 9.21 Å².